The van der Waals surface area contributed by atoms with Crippen LogP contribution in [-0.4, -0.2) is 36.1 Å². The molecule has 1 saturated heterocycles. The van der Waals surface area contributed by atoms with Crippen LogP contribution in [-0.2, 0) is 9.53 Å². The maximum Gasteiger partial charge on any atom is 0.229 e. The van der Waals surface area contributed by atoms with Crippen molar-refractivity contribution in [2.24, 2.45) is 5.16 Å². The van der Waals surface area contributed by atoms with Gasteiger partial charge >= 0.3 is 0 Å². The highest BCUT2D eigenvalue weighted by Gasteiger charge is 2.28. The lowest BCUT2D eigenvalue weighted by molar-refractivity contribution is -0.120. The summed E-state index contributed by atoms with van der Waals surface area (Å²) < 4.78 is 5.53. The van der Waals surface area contributed by atoms with Gasteiger partial charge in [0.15, 0.2) is 0 Å². The Balaban J connectivity index is 1.82. The Bertz CT molecular complexity index is 536. The van der Waals surface area contributed by atoms with Gasteiger partial charge in [0.2, 0.25) is 5.91 Å². The van der Waals surface area contributed by atoms with Crippen molar-refractivity contribution >= 4 is 17.3 Å². The molecule has 1 aromatic rings. The van der Waals surface area contributed by atoms with Gasteiger partial charge in [-0.05, 0) is 18.9 Å². The molecular weight excluding hydrogens is 256 g/mol. The van der Waals surface area contributed by atoms with Crippen molar-refractivity contribution in [1.29, 1.82) is 0 Å². The highest BCUT2D eigenvalue weighted by atomic mass is 16.5. The van der Waals surface area contributed by atoms with E-state index < -0.39 is 0 Å². The minimum Gasteiger partial charge on any atom is -0.411 e. The van der Waals surface area contributed by atoms with Gasteiger partial charge < -0.3 is 14.8 Å². The molecule has 0 aliphatic carbocycles. The summed E-state index contributed by atoms with van der Waals surface area (Å²) >= 11 is 0. The number of rotatable bonds is 2. The van der Waals surface area contributed by atoms with Crippen molar-refractivity contribution in [3.8, 4) is 0 Å². The van der Waals surface area contributed by atoms with Gasteiger partial charge in [0.1, 0.15) is 0 Å². The summed E-state index contributed by atoms with van der Waals surface area (Å²) in [5, 5.41) is 12.4. The SMILES string of the molecule is O=C(CC1CCCO1)N1CCC(=NO)c2ccccc21. The van der Waals surface area contributed by atoms with E-state index in [9.17, 15) is 4.79 Å². The first-order valence-electron chi connectivity index (χ1n) is 7.02. The van der Waals surface area contributed by atoms with E-state index >= 15 is 0 Å². The molecule has 0 spiro atoms. The van der Waals surface area contributed by atoms with E-state index in [2.05, 4.69) is 5.16 Å². The number of benzene rings is 1. The molecule has 1 unspecified atom stereocenters. The molecule has 1 aromatic carbocycles. The number of amides is 1. The van der Waals surface area contributed by atoms with Gasteiger partial charge in [0, 0.05) is 25.1 Å². The van der Waals surface area contributed by atoms with Gasteiger partial charge in [-0.25, -0.2) is 0 Å². The first-order valence-corrected chi connectivity index (χ1v) is 7.02. The van der Waals surface area contributed by atoms with Crippen LogP contribution in [0, 0.1) is 0 Å². The molecule has 5 nitrogen and oxygen atoms in total. The van der Waals surface area contributed by atoms with Gasteiger partial charge in [0.05, 0.1) is 23.9 Å². The minimum atomic E-state index is 0.0579. The van der Waals surface area contributed by atoms with E-state index in [0.717, 1.165) is 30.7 Å². The van der Waals surface area contributed by atoms with Gasteiger partial charge in [-0.1, -0.05) is 23.4 Å². The Morgan fingerprint density at radius 1 is 1.45 bits per heavy atom. The van der Waals surface area contributed by atoms with Crippen LogP contribution < -0.4 is 4.90 Å². The zero-order valence-corrected chi connectivity index (χ0v) is 11.3. The molecule has 1 fully saturated rings. The topological polar surface area (TPSA) is 62.1 Å². The van der Waals surface area contributed by atoms with Crippen molar-refractivity contribution in [3.63, 3.8) is 0 Å². The maximum absolute atomic E-state index is 12.5. The van der Waals surface area contributed by atoms with Crippen molar-refractivity contribution in [3.05, 3.63) is 29.8 Å². The summed E-state index contributed by atoms with van der Waals surface area (Å²) in [5.74, 6) is 0.0846. The number of ether oxygens (including phenoxy) is 1. The molecule has 20 heavy (non-hydrogen) atoms. The van der Waals surface area contributed by atoms with Crippen LogP contribution >= 0.6 is 0 Å². The monoisotopic (exact) mass is 274 g/mol. The number of anilines is 1. The lowest BCUT2D eigenvalue weighted by atomic mass is 9.99. The van der Waals surface area contributed by atoms with Crippen LogP contribution in [0.4, 0.5) is 5.69 Å². The molecular formula is C15H18N2O3. The first-order chi connectivity index (χ1) is 9.79. The molecule has 0 radical (unpaired) electrons. The highest BCUT2D eigenvalue weighted by molar-refractivity contribution is 6.11. The molecule has 0 bridgehead atoms. The molecule has 5 heteroatoms. The second-order valence-corrected chi connectivity index (χ2v) is 5.20. The standard InChI is InChI=1S/C15H18N2O3/c18-15(10-11-4-3-9-20-11)17-8-7-13(16-19)12-5-1-2-6-14(12)17/h1-2,5-6,11,19H,3-4,7-10H2. The fourth-order valence-electron chi connectivity index (χ4n) is 2.90. The third-order valence-electron chi connectivity index (χ3n) is 3.93. The number of carbonyl (C=O) groups is 1. The van der Waals surface area contributed by atoms with Gasteiger partial charge in [-0.3, -0.25) is 4.79 Å². The van der Waals surface area contributed by atoms with E-state index in [-0.39, 0.29) is 12.0 Å². The molecule has 1 N–H and O–H groups in total. The quantitative estimate of drug-likeness (QED) is 0.664. The van der Waals surface area contributed by atoms with Crippen molar-refractivity contribution < 1.29 is 14.7 Å². The first kappa shape index (κ1) is 13.1. The summed E-state index contributed by atoms with van der Waals surface area (Å²) in [6.45, 7) is 1.32. The Morgan fingerprint density at radius 3 is 3.05 bits per heavy atom. The molecule has 0 aromatic heterocycles. The number of hydrogen-bond donors (Lipinski definition) is 1. The largest absolute Gasteiger partial charge is 0.411 e. The second kappa shape index (κ2) is 5.63. The smallest absolute Gasteiger partial charge is 0.229 e. The van der Waals surface area contributed by atoms with Gasteiger partial charge in [-0.2, -0.15) is 0 Å². The summed E-state index contributed by atoms with van der Waals surface area (Å²) in [6, 6.07) is 7.56. The molecule has 0 saturated carbocycles. The molecule has 106 valence electrons. The third kappa shape index (κ3) is 2.41. The number of fused-ring (bicyclic) bond motifs is 1. The van der Waals surface area contributed by atoms with Crippen molar-refractivity contribution in [1.82, 2.24) is 0 Å². The minimum absolute atomic E-state index is 0.0579. The third-order valence-corrected chi connectivity index (χ3v) is 3.93. The maximum atomic E-state index is 12.5. The number of nitrogens with zero attached hydrogens (tertiary/aromatic N) is 2. The lowest BCUT2D eigenvalue weighted by Crippen LogP contribution is -2.39. The van der Waals surface area contributed by atoms with E-state index in [1.165, 1.54) is 0 Å². The van der Waals surface area contributed by atoms with E-state index in [0.29, 0.717) is 25.1 Å². The second-order valence-electron chi connectivity index (χ2n) is 5.20. The molecule has 1 atom stereocenters. The Morgan fingerprint density at radius 2 is 2.30 bits per heavy atom. The Hall–Kier alpha value is -1.88. The zero-order valence-electron chi connectivity index (χ0n) is 11.3. The summed E-state index contributed by atoms with van der Waals surface area (Å²) in [7, 11) is 0. The predicted molar refractivity (Wildman–Crippen MR) is 75.3 cm³/mol. The average molecular weight is 274 g/mol. The van der Waals surface area contributed by atoms with E-state index in [1.54, 1.807) is 4.90 Å². The average Bonchev–Trinajstić information content (AvgIpc) is 2.99. The fraction of sp³-hybridized carbons (Fsp3) is 0.467. The predicted octanol–water partition coefficient (Wildman–Crippen LogP) is 2.17. The van der Waals surface area contributed by atoms with E-state index in [1.807, 2.05) is 24.3 Å². The summed E-state index contributed by atoms with van der Waals surface area (Å²) in [6.07, 6.45) is 3.06. The normalized spacial score (nSPS) is 23.9. The fourth-order valence-corrected chi connectivity index (χ4v) is 2.90. The molecule has 3 rings (SSSR count). The van der Waals surface area contributed by atoms with Crippen molar-refractivity contribution in [2.75, 3.05) is 18.1 Å². The van der Waals surface area contributed by atoms with Crippen LogP contribution in [0.15, 0.2) is 29.4 Å². The zero-order chi connectivity index (χ0) is 13.9. The lowest BCUT2D eigenvalue weighted by Gasteiger charge is -2.30. The molecule has 2 aliphatic heterocycles. The molecule has 1 amide bonds. The highest BCUT2D eigenvalue weighted by Crippen LogP contribution is 2.28. The Kier molecular flexibility index (Phi) is 3.69. The number of oxime groups is 1. The molecule has 2 aliphatic rings. The van der Waals surface area contributed by atoms with Gasteiger partial charge in [-0.15, -0.1) is 0 Å². The van der Waals surface area contributed by atoms with Gasteiger partial charge in [0.25, 0.3) is 0 Å². The van der Waals surface area contributed by atoms with E-state index in [4.69, 9.17) is 9.94 Å². The number of para-hydroxylation sites is 1. The Labute approximate surface area is 117 Å². The number of hydrogen-bond acceptors (Lipinski definition) is 4. The van der Waals surface area contributed by atoms with Crippen LogP contribution in [0.25, 0.3) is 0 Å². The van der Waals surface area contributed by atoms with Crippen LogP contribution in [0.2, 0.25) is 0 Å². The summed E-state index contributed by atoms with van der Waals surface area (Å²) in [4.78, 5) is 14.2. The van der Waals surface area contributed by atoms with Crippen LogP contribution in [0.5, 0.6) is 0 Å². The van der Waals surface area contributed by atoms with Crippen LogP contribution in [0.1, 0.15) is 31.2 Å². The van der Waals surface area contributed by atoms with Crippen LogP contribution in [0.3, 0.4) is 0 Å². The summed E-state index contributed by atoms with van der Waals surface area (Å²) in [5.41, 5.74) is 2.30. The number of carbonyl (C=O) groups excluding carboxylic acids is 1. The van der Waals surface area contributed by atoms with Crippen molar-refractivity contribution in [2.45, 2.75) is 31.8 Å². The molecule has 2 heterocycles.